The summed E-state index contributed by atoms with van der Waals surface area (Å²) in [6.45, 7) is 0. The number of rotatable bonds is 12. The fraction of sp³-hybridized carbons (Fsp3) is 0.200. The van der Waals surface area contributed by atoms with Gasteiger partial charge in [0.05, 0.1) is 0 Å². The van der Waals surface area contributed by atoms with Gasteiger partial charge in [-0.05, 0) is 33.4 Å². The fourth-order valence-corrected chi connectivity index (χ4v) is 6.47. The Balaban J connectivity index is 1.37. The first kappa shape index (κ1) is 24.1. The molecule has 0 saturated heterocycles. The fourth-order valence-electron chi connectivity index (χ4n) is 3.67. The molecule has 0 aliphatic heterocycles. The molecule has 0 amide bonds. The molecule has 4 rings (SSSR count). The minimum absolute atomic E-state index is 1.06. The molecule has 4 aromatic rings. The molecule has 0 aliphatic carbocycles. The quantitative estimate of drug-likeness (QED) is 0.196. The van der Waals surface area contributed by atoms with E-state index in [1.54, 1.807) is 0 Å². The highest BCUT2D eigenvalue weighted by Gasteiger charge is 2.05. The maximum absolute atomic E-state index is 2.42. The first-order valence-electron chi connectivity index (χ1n) is 11.3. The Morgan fingerprint density at radius 1 is 0.303 bits per heavy atom. The Morgan fingerprint density at radius 2 is 0.545 bits per heavy atom. The van der Waals surface area contributed by atoms with Gasteiger partial charge in [-0.1, -0.05) is 109 Å². The van der Waals surface area contributed by atoms with E-state index in [0.717, 1.165) is 34.5 Å². The molecule has 4 aromatic carbocycles. The monoisotopic (exact) mass is 486 g/mol. The zero-order valence-corrected chi connectivity index (χ0v) is 21.3. The predicted molar refractivity (Wildman–Crippen MR) is 151 cm³/mol. The van der Waals surface area contributed by atoms with Gasteiger partial charge in [0.1, 0.15) is 0 Å². The highest BCUT2D eigenvalue weighted by Crippen LogP contribution is 2.26. The van der Waals surface area contributed by atoms with Crippen LogP contribution in [-0.4, -0.2) is 0 Å². The van der Waals surface area contributed by atoms with Gasteiger partial charge in [0.2, 0.25) is 0 Å². The predicted octanol–water partition coefficient (Wildman–Crippen LogP) is 8.99. The van der Waals surface area contributed by atoms with Crippen molar-refractivity contribution in [1.29, 1.82) is 0 Å². The third kappa shape index (κ3) is 8.66. The summed E-state index contributed by atoms with van der Waals surface area (Å²) in [7, 11) is 0. The molecule has 3 heteroatoms. The zero-order valence-electron chi connectivity index (χ0n) is 18.9. The molecule has 0 unspecified atom stereocenters. The average Bonchev–Trinajstić information content (AvgIpc) is 2.86. The molecule has 0 atom stereocenters. The van der Waals surface area contributed by atoms with Crippen LogP contribution < -0.4 is 0 Å². The largest absolute Gasteiger partial charge is 0.152 e. The number of hydrogen-bond donors (Lipinski definition) is 0. The Kier molecular flexibility index (Phi) is 9.91. The molecule has 0 nitrogen and oxygen atoms in total. The van der Waals surface area contributed by atoms with Crippen molar-refractivity contribution in [2.24, 2.45) is 0 Å². The van der Waals surface area contributed by atoms with Crippen LogP contribution in [0.4, 0.5) is 0 Å². The Hall–Kier alpha value is -2.07. The first-order valence-corrected chi connectivity index (χ1v) is 14.8. The molecule has 0 spiro atoms. The lowest BCUT2D eigenvalue weighted by Crippen LogP contribution is -1.93. The van der Waals surface area contributed by atoms with Crippen molar-refractivity contribution in [3.05, 3.63) is 143 Å². The summed E-state index contributed by atoms with van der Waals surface area (Å²) in [5, 5.41) is 0. The summed E-state index contributed by atoms with van der Waals surface area (Å²) in [5.74, 6) is 6.36. The van der Waals surface area contributed by atoms with Crippen LogP contribution in [0, 0.1) is 0 Å². The minimum Gasteiger partial charge on any atom is -0.152 e. The SMILES string of the molecule is c1ccc(CSCc2cc(CSCc3ccccc3)cc(CSCc3ccccc3)c2)cc1. The molecule has 0 heterocycles. The number of hydrogen-bond acceptors (Lipinski definition) is 3. The Labute approximate surface area is 211 Å². The van der Waals surface area contributed by atoms with Gasteiger partial charge in [0.25, 0.3) is 0 Å². The summed E-state index contributed by atoms with van der Waals surface area (Å²) in [5.41, 5.74) is 8.54. The second kappa shape index (κ2) is 13.6. The van der Waals surface area contributed by atoms with Crippen LogP contribution in [0.5, 0.6) is 0 Å². The lowest BCUT2D eigenvalue weighted by atomic mass is 10.1. The van der Waals surface area contributed by atoms with Crippen LogP contribution in [0.3, 0.4) is 0 Å². The second-order valence-corrected chi connectivity index (χ2v) is 11.0. The summed E-state index contributed by atoms with van der Waals surface area (Å²) in [6.07, 6.45) is 0. The second-order valence-electron chi connectivity index (χ2n) is 8.09. The van der Waals surface area contributed by atoms with Gasteiger partial charge >= 0.3 is 0 Å². The Bertz CT molecular complexity index is 925. The molecule has 0 aromatic heterocycles. The van der Waals surface area contributed by atoms with Gasteiger partial charge in [-0.15, -0.1) is 0 Å². The average molecular weight is 487 g/mol. The highest BCUT2D eigenvalue weighted by molar-refractivity contribution is 7.98. The van der Waals surface area contributed by atoms with Crippen LogP contribution >= 0.6 is 35.3 Å². The van der Waals surface area contributed by atoms with Crippen molar-refractivity contribution in [2.75, 3.05) is 0 Å². The van der Waals surface area contributed by atoms with Crippen molar-refractivity contribution in [2.45, 2.75) is 34.5 Å². The van der Waals surface area contributed by atoms with Gasteiger partial charge < -0.3 is 0 Å². The van der Waals surface area contributed by atoms with Gasteiger partial charge in [-0.25, -0.2) is 0 Å². The van der Waals surface area contributed by atoms with E-state index in [-0.39, 0.29) is 0 Å². The molecule has 0 bridgehead atoms. The molecule has 0 fully saturated rings. The molecule has 0 aliphatic rings. The molecule has 0 N–H and O–H groups in total. The van der Waals surface area contributed by atoms with Gasteiger partial charge in [0.15, 0.2) is 0 Å². The normalized spacial score (nSPS) is 10.9. The topological polar surface area (TPSA) is 0 Å². The molecule has 33 heavy (non-hydrogen) atoms. The van der Waals surface area contributed by atoms with Gasteiger partial charge in [0, 0.05) is 34.5 Å². The maximum Gasteiger partial charge on any atom is 0.0188 e. The lowest BCUT2D eigenvalue weighted by Gasteiger charge is -2.11. The van der Waals surface area contributed by atoms with Gasteiger partial charge in [-0.3, -0.25) is 0 Å². The molecular weight excluding hydrogens is 457 g/mol. The van der Waals surface area contributed by atoms with E-state index in [9.17, 15) is 0 Å². The minimum atomic E-state index is 1.06. The molecule has 0 radical (unpaired) electrons. The van der Waals surface area contributed by atoms with Crippen LogP contribution in [0.25, 0.3) is 0 Å². The van der Waals surface area contributed by atoms with E-state index >= 15 is 0 Å². The summed E-state index contributed by atoms with van der Waals surface area (Å²) >= 11 is 6.01. The van der Waals surface area contributed by atoms with E-state index < -0.39 is 0 Å². The molecular formula is C30H30S3. The number of benzene rings is 4. The van der Waals surface area contributed by atoms with Crippen LogP contribution in [0.15, 0.2) is 109 Å². The summed E-state index contributed by atoms with van der Waals surface area (Å²) in [6, 6.07) is 39.6. The number of thioether (sulfide) groups is 3. The highest BCUT2D eigenvalue weighted by atomic mass is 32.2. The van der Waals surface area contributed by atoms with Crippen LogP contribution in [0.1, 0.15) is 33.4 Å². The van der Waals surface area contributed by atoms with E-state index in [4.69, 9.17) is 0 Å². The van der Waals surface area contributed by atoms with Crippen molar-refractivity contribution < 1.29 is 0 Å². The standard InChI is InChI=1S/C30H30S3/c1-4-10-25(11-5-1)19-31-22-28-16-29(23-32-20-26-12-6-2-7-13-26)18-30(17-28)24-33-21-27-14-8-3-9-15-27/h1-18H,19-24H2. The van der Waals surface area contributed by atoms with Gasteiger partial charge in [-0.2, -0.15) is 35.3 Å². The van der Waals surface area contributed by atoms with Crippen LogP contribution in [0.2, 0.25) is 0 Å². The smallest absolute Gasteiger partial charge is 0.0188 e. The molecule has 0 saturated carbocycles. The Morgan fingerprint density at radius 3 is 0.818 bits per heavy atom. The third-order valence-electron chi connectivity index (χ3n) is 5.25. The maximum atomic E-state index is 2.42. The summed E-state index contributed by atoms with van der Waals surface area (Å²) in [4.78, 5) is 0. The van der Waals surface area contributed by atoms with E-state index in [2.05, 4.69) is 109 Å². The van der Waals surface area contributed by atoms with E-state index in [1.807, 2.05) is 35.3 Å². The van der Waals surface area contributed by atoms with Crippen LogP contribution in [-0.2, 0) is 34.5 Å². The zero-order chi connectivity index (χ0) is 22.6. The van der Waals surface area contributed by atoms with Crippen molar-refractivity contribution >= 4 is 35.3 Å². The summed E-state index contributed by atoms with van der Waals surface area (Å²) < 4.78 is 0. The lowest BCUT2D eigenvalue weighted by molar-refractivity contribution is 1.25. The van der Waals surface area contributed by atoms with E-state index in [0.29, 0.717) is 0 Å². The van der Waals surface area contributed by atoms with Crippen molar-refractivity contribution in [3.63, 3.8) is 0 Å². The third-order valence-corrected chi connectivity index (χ3v) is 8.48. The van der Waals surface area contributed by atoms with Crippen molar-refractivity contribution in [1.82, 2.24) is 0 Å². The van der Waals surface area contributed by atoms with E-state index in [1.165, 1.54) is 33.4 Å². The van der Waals surface area contributed by atoms with Crippen molar-refractivity contribution in [3.8, 4) is 0 Å². The first-order chi connectivity index (χ1) is 16.3. The molecule has 168 valence electrons.